The number of amides is 1. The first-order valence-electron chi connectivity index (χ1n) is 9.11. The molecule has 2 saturated heterocycles. The Bertz CT molecular complexity index is 734. The Hall–Kier alpha value is -1.82. The fraction of sp³-hybridized carbons (Fsp3) is 0.526. The summed E-state index contributed by atoms with van der Waals surface area (Å²) in [6.07, 6.45) is 4.49. The summed E-state index contributed by atoms with van der Waals surface area (Å²) >= 11 is 1.95. The van der Waals surface area contributed by atoms with E-state index in [9.17, 15) is 4.79 Å². The van der Waals surface area contributed by atoms with E-state index in [-0.39, 0.29) is 0 Å². The number of hydrogen-bond donors (Lipinski definition) is 0. The predicted octanol–water partition coefficient (Wildman–Crippen LogP) is 2.81. The van der Waals surface area contributed by atoms with Gasteiger partial charge in [-0.3, -0.25) is 4.79 Å². The molecule has 0 atom stereocenters. The van der Waals surface area contributed by atoms with Crippen LogP contribution < -0.4 is 4.90 Å². The van der Waals surface area contributed by atoms with Crippen molar-refractivity contribution in [2.45, 2.75) is 19.3 Å². The second-order valence-electron chi connectivity index (χ2n) is 6.84. The van der Waals surface area contributed by atoms with Crippen LogP contribution in [0.5, 0.6) is 0 Å². The molecule has 2 aliphatic rings. The Morgan fingerprint density at radius 3 is 2.64 bits per heavy atom. The summed E-state index contributed by atoms with van der Waals surface area (Å²) in [4.78, 5) is 25.8. The van der Waals surface area contributed by atoms with Gasteiger partial charge in [-0.25, -0.2) is 9.97 Å². The Labute approximate surface area is 152 Å². The Morgan fingerprint density at radius 2 is 1.84 bits per heavy atom. The van der Waals surface area contributed by atoms with Gasteiger partial charge >= 0.3 is 0 Å². The first-order chi connectivity index (χ1) is 12.3. The number of fused-ring (bicyclic) bond motifs is 1. The van der Waals surface area contributed by atoms with Crippen molar-refractivity contribution < 1.29 is 4.79 Å². The highest BCUT2D eigenvalue weighted by atomic mass is 32.2. The second kappa shape index (κ2) is 7.60. The number of piperidine rings is 1. The van der Waals surface area contributed by atoms with E-state index in [0.717, 1.165) is 67.2 Å². The maximum atomic E-state index is 12.5. The number of hydrogen-bond acceptors (Lipinski definition) is 5. The number of aromatic nitrogens is 2. The van der Waals surface area contributed by atoms with Gasteiger partial charge in [0, 0.05) is 49.5 Å². The van der Waals surface area contributed by atoms with Gasteiger partial charge in [-0.2, -0.15) is 11.8 Å². The van der Waals surface area contributed by atoms with E-state index >= 15 is 0 Å². The van der Waals surface area contributed by atoms with Crippen molar-refractivity contribution in [1.82, 2.24) is 14.9 Å². The van der Waals surface area contributed by atoms with Crippen molar-refractivity contribution in [1.29, 1.82) is 0 Å². The minimum absolute atomic E-state index is 0.353. The van der Waals surface area contributed by atoms with Crippen molar-refractivity contribution >= 4 is 34.4 Å². The number of rotatable bonds is 3. The zero-order valence-corrected chi connectivity index (χ0v) is 15.2. The lowest BCUT2D eigenvalue weighted by atomic mass is 9.92. The van der Waals surface area contributed by atoms with Crippen LogP contribution in [0.2, 0.25) is 0 Å². The number of anilines is 1. The molecule has 0 radical (unpaired) electrons. The van der Waals surface area contributed by atoms with E-state index in [2.05, 4.69) is 25.8 Å². The fourth-order valence-corrected chi connectivity index (χ4v) is 4.68. The van der Waals surface area contributed by atoms with Crippen LogP contribution in [-0.2, 0) is 4.79 Å². The fourth-order valence-electron chi connectivity index (χ4n) is 3.78. The van der Waals surface area contributed by atoms with Crippen LogP contribution in [0.25, 0.3) is 10.9 Å². The molecule has 6 heteroatoms. The highest BCUT2D eigenvalue weighted by Gasteiger charge is 2.25. The molecule has 4 rings (SSSR count). The van der Waals surface area contributed by atoms with Crippen LogP contribution in [0.15, 0.2) is 30.6 Å². The van der Waals surface area contributed by atoms with Crippen molar-refractivity contribution in [3.05, 3.63) is 30.6 Å². The molecule has 2 aliphatic heterocycles. The van der Waals surface area contributed by atoms with Crippen LogP contribution in [0.4, 0.5) is 5.82 Å². The Morgan fingerprint density at radius 1 is 1.08 bits per heavy atom. The molecule has 0 bridgehead atoms. The van der Waals surface area contributed by atoms with Gasteiger partial charge in [0.15, 0.2) is 0 Å². The highest BCUT2D eigenvalue weighted by molar-refractivity contribution is 7.99. The molecule has 2 aromatic rings. The molecule has 1 aromatic carbocycles. The van der Waals surface area contributed by atoms with Gasteiger partial charge in [-0.15, -0.1) is 0 Å². The van der Waals surface area contributed by atoms with E-state index in [1.54, 1.807) is 6.33 Å². The van der Waals surface area contributed by atoms with E-state index in [0.29, 0.717) is 18.2 Å². The van der Waals surface area contributed by atoms with Crippen molar-refractivity contribution in [2.24, 2.45) is 5.92 Å². The molecule has 0 N–H and O–H groups in total. The van der Waals surface area contributed by atoms with Crippen LogP contribution in [0.1, 0.15) is 19.3 Å². The van der Waals surface area contributed by atoms with Crippen molar-refractivity contribution in [3.8, 4) is 0 Å². The normalized spacial score (nSPS) is 19.4. The lowest BCUT2D eigenvalue weighted by Gasteiger charge is -2.34. The third kappa shape index (κ3) is 3.73. The average molecular weight is 356 g/mol. The third-order valence-electron chi connectivity index (χ3n) is 5.26. The molecule has 0 unspecified atom stereocenters. The summed E-state index contributed by atoms with van der Waals surface area (Å²) in [5, 5.41) is 1.12. The Kier molecular flexibility index (Phi) is 5.06. The van der Waals surface area contributed by atoms with Gasteiger partial charge in [0.25, 0.3) is 0 Å². The molecule has 1 aromatic heterocycles. The zero-order chi connectivity index (χ0) is 17.1. The quantitative estimate of drug-likeness (QED) is 0.846. The topological polar surface area (TPSA) is 49.3 Å². The summed E-state index contributed by atoms with van der Waals surface area (Å²) in [7, 11) is 0. The maximum absolute atomic E-state index is 12.5. The first kappa shape index (κ1) is 16.6. The van der Waals surface area contributed by atoms with Gasteiger partial charge in [-0.1, -0.05) is 12.1 Å². The maximum Gasteiger partial charge on any atom is 0.222 e. The number of thioether (sulfide) groups is 1. The molecule has 132 valence electrons. The second-order valence-corrected chi connectivity index (χ2v) is 8.07. The highest BCUT2D eigenvalue weighted by Crippen LogP contribution is 2.28. The largest absolute Gasteiger partial charge is 0.356 e. The van der Waals surface area contributed by atoms with Crippen LogP contribution >= 0.6 is 11.8 Å². The molecule has 0 aliphatic carbocycles. The molecule has 1 amide bonds. The number of nitrogens with zero attached hydrogens (tertiary/aromatic N) is 4. The van der Waals surface area contributed by atoms with Gasteiger partial charge in [-0.05, 0) is 30.9 Å². The Balaban J connectivity index is 1.37. The first-order valence-corrected chi connectivity index (χ1v) is 10.3. The summed E-state index contributed by atoms with van der Waals surface area (Å²) in [6.45, 7) is 3.79. The minimum atomic E-state index is 0.353. The number of para-hydroxylation sites is 1. The van der Waals surface area contributed by atoms with Gasteiger partial charge in [0.1, 0.15) is 12.1 Å². The molecular formula is C19H24N4OS. The lowest BCUT2D eigenvalue weighted by Crippen LogP contribution is -2.40. The average Bonchev–Trinajstić information content (AvgIpc) is 2.69. The van der Waals surface area contributed by atoms with E-state index < -0.39 is 0 Å². The van der Waals surface area contributed by atoms with E-state index in [1.807, 2.05) is 30.0 Å². The zero-order valence-electron chi connectivity index (χ0n) is 14.4. The minimum Gasteiger partial charge on any atom is -0.356 e. The van der Waals surface area contributed by atoms with Gasteiger partial charge < -0.3 is 9.80 Å². The molecule has 25 heavy (non-hydrogen) atoms. The van der Waals surface area contributed by atoms with Crippen LogP contribution in [0.3, 0.4) is 0 Å². The lowest BCUT2D eigenvalue weighted by molar-refractivity contribution is -0.132. The number of carbonyl (C=O) groups is 1. The molecule has 2 fully saturated rings. The van der Waals surface area contributed by atoms with Crippen LogP contribution in [0, 0.1) is 5.92 Å². The van der Waals surface area contributed by atoms with E-state index in [1.165, 1.54) is 0 Å². The molecular weight excluding hydrogens is 332 g/mol. The van der Waals surface area contributed by atoms with Crippen molar-refractivity contribution in [3.63, 3.8) is 0 Å². The van der Waals surface area contributed by atoms with Gasteiger partial charge in [0.2, 0.25) is 5.91 Å². The van der Waals surface area contributed by atoms with E-state index in [4.69, 9.17) is 0 Å². The van der Waals surface area contributed by atoms with Crippen molar-refractivity contribution in [2.75, 3.05) is 42.6 Å². The summed E-state index contributed by atoms with van der Waals surface area (Å²) in [6, 6.07) is 8.17. The molecule has 0 saturated carbocycles. The summed E-state index contributed by atoms with van der Waals surface area (Å²) in [5.74, 6) is 4.07. The number of carbonyl (C=O) groups excluding carboxylic acids is 1. The smallest absolute Gasteiger partial charge is 0.222 e. The monoisotopic (exact) mass is 356 g/mol. The summed E-state index contributed by atoms with van der Waals surface area (Å²) in [5.41, 5.74) is 0.993. The SMILES string of the molecule is O=C(CC1CCN(c2ncnc3ccccc23)CC1)N1CCSCC1. The standard InChI is InChI=1S/C19H24N4OS/c24-18(22-9-11-25-12-10-22)13-15-5-7-23(8-6-15)19-16-3-1-2-4-17(16)20-14-21-19/h1-4,14-15H,5-13H2. The van der Waals surface area contributed by atoms with Crippen LogP contribution in [-0.4, -0.2) is 58.5 Å². The molecule has 5 nitrogen and oxygen atoms in total. The summed E-state index contributed by atoms with van der Waals surface area (Å²) < 4.78 is 0. The van der Waals surface area contributed by atoms with Gasteiger partial charge in [0.05, 0.1) is 5.52 Å². The molecule has 0 spiro atoms. The number of benzene rings is 1. The molecule has 3 heterocycles. The third-order valence-corrected chi connectivity index (χ3v) is 6.21. The predicted molar refractivity (Wildman–Crippen MR) is 103 cm³/mol.